The smallest absolute Gasteiger partial charge is 0.386 e. The van der Waals surface area contributed by atoms with Gasteiger partial charge < -0.3 is 13.8 Å². The van der Waals surface area contributed by atoms with Crippen molar-refractivity contribution in [2.75, 3.05) is 31.2 Å². The first-order valence-electron chi connectivity index (χ1n) is 9.07. The van der Waals surface area contributed by atoms with E-state index in [-0.39, 0.29) is 0 Å². The van der Waals surface area contributed by atoms with Crippen LogP contribution in [0.4, 0.5) is 5.69 Å². The Labute approximate surface area is 156 Å². The number of rotatable bonds is 3. The van der Waals surface area contributed by atoms with Crippen molar-refractivity contribution >= 4 is 24.6 Å². The molecule has 1 aliphatic heterocycles. The van der Waals surface area contributed by atoms with Gasteiger partial charge in [0.25, 0.3) is 0 Å². The van der Waals surface area contributed by atoms with Crippen molar-refractivity contribution in [2.45, 2.75) is 0 Å². The van der Waals surface area contributed by atoms with Gasteiger partial charge in [0, 0.05) is 18.8 Å². The van der Waals surface area contributed by atoms with Crippen LogP contribution in [-0.2, 0) is 8.85 Å². The highest BCUT2D eigenvalue weighted by molar-refractivity contribution is 6.92. The standard InChI is InChI=1S/C22H23NO2Si/c1-4-10-20(11-5-1)23-16-18-24-26(25-19-17-23,21-12-6-2-7-13-21)22-14-8-3-9-15-22/h1-15H,16-19H2. The van der Waals surface area contributed by atoms with Crippen molar-refractivity contribution in [3.63, 3.8) is 0 Å². The van der Waals surface area contributed by atoms with E-state index < -0.39 is 8.56 Å². The molecule has 0 bridgehead atoms. The van der Waals surface area contributed by atoms with Gasteiger partial charge in [0.05, 0.1) is 13.2 Å². The summed E-state index contributed by atoms with van der Waals surface area (Å²) < 4.78 is 13.1. The average Bonchev–Trinajstić information content (AvgIpc) is 2.70. The van der Waals surface area contributed by atoms with Gasteiger partial charge in [-0.2, -0.15) is 0 Å². The predicted molar refractivity (Wildman–Crippen MR) is 108 cm³/mol. The number of nitrogens with zero attached hydrogens (tertiary/aromatic N) is 1. The number of hydrogen-bond donors (Lipinski definition) is 0. The van der Waals surface area contributed by atoms with E-state index in [2.05, 4.69) is 77.7 Å². The molecular formula is C22H23NO2Si. The van der Waals surface area contributed by atoms with Gasteiger partial charge in [0.15, 0.2) is 0 Å². The van der Waals surface area contributed by atoms with Crippen molar-refractivity contribution in [3.05, 3.63) is 91.0 Å². The lowest BCUT2D eigenvalue weighted by atomic mass is 10.3. The largest absolute Gasteiger partial charge is 0.407 e. The summed E-state index contributed by atoms with van der Waals surface area (Å²) in [5.41, 5.74) is 1.22. The lowest BCUT2D eigenvalue weighted by Crippen LogP contribution is -2.65. The molecule has 0 aliphatic carbocycles. The monoisotopic (exact) mass is 361 g/mol. The third kappa shape index (κ3) is 3.44. The zero-order chi connectivity index (χ0) is 17.7. The average molecular weight is 362 g/mol. The van der Waals surface area contributed by atoms with Gasteiger partial charge in [-0.3, -0.25) is 0 Å². The van der Waals surface area contributed by atoms with Gasteiger partial charge in [-0.1, -0.05) is 78.9 Å². The molecule has 1 heterocycles. The second kappa shape index (κ2) is 7.87. The Hall–Kier alpha value is -2.40. The van der Waals surface area contributed by atoms with Crippen LogP contribution >= 0.6 is 0 Å². The molecule has 3 aromatic rings. The summed E-state index contributed by atoms with van der Waals surface area (Å²) in [5, 5.41) is 2.33. The highest BCUT2D eigenvalue weighted by Gasteiger charge is 2.43. The van der Waals surface area contributed by atoms with Gasteiger partial charge >= 0.3 is 8.56 Å². The summed E-state index contributed by atoms with van der Waals surface area (Å²) in [6.07, 6.45) is 0. The molecule has 0 aromatic heterocycles. The molecule has 4 rings (SSSR count). The van der Waals surface area contributed by atoms with E-state index in [0.717, 1.165) is 13.1 Å². The minimum Gasteiger partial charge on any atom is -0.386 e. The minimum absolute atomic E-state index is 0.644. The lowest BCUT2D eigenvalue weighted by Gasteiger charge is -2.36. The van der Waals surface area contributed by atoms with Crippen LogP contribution < -0.4 is 15.3 Å². The maximum atomic E-state index is 6.57. The molecule has 1 saturated heterocycles. The van der Waals surface area contributed by atoms with Crippen LogP contribution in [0.15, 0.2) is 91.0 Å². The Morgan fingerprint density at radius 1 is 0.577 bits per heavy atom. The quantitative estimate of drug-likeness (QED) is 0.670. The summed E-state index contributed by atoms with van der Waals surface area (Å²) in [4.78, 5) is 2.33. The van der Waals surface area contributed by atoms with Crippen LogP contribution in [0.5, 0.6) is 0 Å². The fraction of sp³-hybridized carbons (Fsp3) is 0.182. The molecule has 3 nitrogen and oxygen atoms in total. The van der Waals surface area contributed by atoms with Crippen molar-refractivity contribution in [1.82, 2.24) is 0 Å². The Morgan fingerprint density at radius 2 is 1.00 bits per heavy atom. The molecule has 3 aromatic carbocycles. The van der Waals surface area contributed by atoms with Crippen LogP contribution in [0.2, 0.25) is 0 Å². The SMILES string of the molecule is c1ccc(N2CCO[Si](c3ccccc3)(c3ccccc3)OCC2)cc1. The second-order valence-electron chi connectivity index (χ2n) is 6.37. The Bertz CT molecular complexity index is 760. The molecular weight excluding hydrogens is 338 g/mol. The molecule has 4 heteroatoms. The van der Waals surface area contributed by atoms with Crippen molar-refractivity contribution < 1.29 is 8.85 Å². The van der Waals surface area contributed by atoms with E-state index >= 15 is 0 Å². The molecule has 0 amide bonds. The number of hydrogen-bond acceptors (Lipinski definition) is 3. The number of para-hydroxylation sites is 1. The lowest BCUT2D eigenvalue weighted by molar-refractivity contribution is 0.182. The van der Waals surface area contributed by atoms with E-state index in [1.807, 2.05) is 18.2 Å². The zero-order valence-electron chi connectivity index (χ0n) is 14.8. The van der Waals surface area contributed by atoms with Crippen molar-refractivity contribution in [3.8, 4) is 0 Å². The second-order valence-corrected chi connectivity index (χ2v) is 9.33. The first-order chi connectivity index (χ1) is 12.9. The summed E-state index contributed by atoms with van der Waals surface area (Å²) in [7, 11) is -2.67. The fourth-order valence-corrected chi connectivity index (χ4v) is 6.57. The molecule has 1 fully saturated rings. The van der Waals surface area contributed by atoms with Gasteiger partial charge in [0.2, 0.25) is 0 Å². The fourth-order valence-electron chi connectivity index (χ4n) is 3.46. The summed E-state index contributed by atoms with van der Waals surface area (Å²) in [6.45, 7) is 3.01. The van der Waals surface area contributed by atoms with Crippen molar-refractivity contribution in [2.24, 2.45) is 0 Å². The van der Waals surface area contributed by atoms with Crippen LogP contribution in [0.25, 0.3) is 0 Å². The maximum absolute atomic E-state index is 6.57. The molecule has 0 saturated carbocycles. The zero-order valence-corrected chi connectivity index (χ0v) is 15.8. The first kappa shape index (κ1) is 17.0. The highest BCUT2D eigenvalue weighted by atomic mass is 28.4. The molecule has 0 N–H and O–H groups in total. The summed E-state index contributed by atoms with van der Waals surface area (Å²) >= 11 is 0. The van der Waals surface area contributed by atoms with E-state index in [1.165, 1.54) is 16.1 Å². The topological polar surface area (TPSA) is 21.7 Å². The molecule has 0 atom stereocenters. The maximum Gasteiger partial charge on any atom is 0.407 e. The molecule has 0 spiro atoms. The van der Waals surface area contributed by atoms with Gasteiger partial charge in [-0.15, -0.1) is 0 Å². The molecule has 26 heavy (non-hydrogen) atoms. The summed E-state index contributed by atoms with van der Waals surface area (Å²) in [5.74, 6) is 0. The van der Waals surface area contributed by atoms with Gasteiger partial charge in [-0.05, 0) is 22.5 Å². The van der Waals surface area contributed by atoms with Crippen LogP contribution in [0, 0.1) is 0 Å². The first-order valence-corrected chi connectivity index (χ1v) is 10.9. The van der Waals surface area contributed by atoms with E-state index in [9.17, 15) is 0 Å². The third-order valence-electron chi connectivity index (χ3n) is 4.76. The Kier molecular flexibility index (Phi) is 5.16. The van der Waals surface area contributed by atoms with Crippen LogP contribution in [0.1, 0.15) is 0 Å². The molecule has 0 radical (unpaired) electrons. The normalized spacial score (nSPS) is 17.3. The number of anilines is 1. The van der Waals surface area contributed by atoms with E-state index in [1.54, 1.807) is 0 Å². The molecule has 132 valence electrons. The summed E-state index contributed by atoms with van der Waals surface area (Å²) in [6, 6.07) is 31.3. The Balaban J connectivity index is 1.63. The van der Waals surface area contributed by atoms with Crippen LogP contribution in [0.3, 0.4) is 0 Å². The third-order valence-corrected chi connectivity index (χ3v) is 8.17. The van der Waals surface area contributed by atoms with E-state index in [0.29, 0.717) is 13.2 Å². The van der Waals surface area contributed by atoms with Crippen LogP contribution in [-0.4, -0.2) is 34.9 Å². The molecule has 1 aliphatic rings. The van der Waals surface area contributed by atoms with Crippen molar-refractivity contribution in [1.29, 1.82) is 0 Å². The minimum atomic E-state index is -2.67. The number of benzene rings is 3. The van der Waals surface area contributed by atoms with Gasteiger partial charge in [-0.25, -0.2) is 0 Å². The van der Waals surface area contributed by atoms with E-state index in [4.69, 9.17) is 8.85 Å². The highest BCUT2D eigenvalue weighted by Crippen LogP contribution is 2.17. The molecule has 0 unspecified atom stereocenters. The Morgan fingerprint density at radius 3 is 1.46 bits per heavy atom. The predicted octanol–water partition coefficient (Wildman–Crippen LogP) is 2.80. The van der Waals surface area contributed by atoms with Gasteiger partial charge in [0.1, 0.15) is 0 Å².